The Balaban J connectivity index is 1.36. The van der Waals surface area contributed by atoms with Crippen LogP contribution in [0.15, 0.2) is 75.9 Å². The van der Waals surface area contributed by atoms with Gasteiger partial charge < -0.3 is 10.1 Å². The zero-order chi connectivity index (χ0) is 29.8. The molecule has 2 unspecified atom stereocenters. The van der Waals surface area contributed by atoms with Gasteiger partial charge >= 0.3 is 11.0 Å². The van der Waals surface area contributed by atoms with Gasteiger partial charge in [0.05, 0.1) is 29.3 Å². The van der Waals surface area contributed by atoms with Crippen molar-refractivity contribution in [1.82, 2.24) is 4.57 Å². The molecule has 216 valence electrons. The molecule has 6 rings (SSSR count). The number of hydrogen-bond acceptors (Lipinski definition) is 8. The van der Waals surface area contributed by atoms with Crippen LogP contribution < -0.4 is 19.8 Å². The maximum Gasteiger partial charge on any atom is 0.416 e. The third kappa shape index (κ3) is 4.92. The largest absolute Gasteiger partial charge is 0.497 e. The zero-order valence-electron chi connectivity index (χ0n) is 21.6. The van der Waals surface area contributed by atoms with Crippen LogP contribution in [-0.2, 0) is 27.1 Å². The van der Waals surface area contributed by atoms with E-state index in [2.05, 4.69) is 5.32 Å². The first-order valence-electron chi connectivity index (χ1n) is 12.5. The summed E-state index contributed by atoms with van der Waals surface area (Å²) in [7, 11) is 1.52. The summed E-state index contributed by atoms with van der Waals surface area (Å²) in [6, 6.07) is 14.3. The minimum absolute atomic E-state index is 0.167. The van der Waals surface area contributed by atoms with E-state index in [4.69, 9.17) is 4.74 Å². The van der Waals surface area contributed by atoms with Crippen LogP contribution in [0.1, 0.15) is 21.2 Å². The lowest BCUT2D eigenvalue weighted by Gasteiger charge is -2.29. The molecule has 8 nitrogen and oxygen atoms in total. The zero-order valence-corrected chi connectivity index (χ0v) is 24.0. The van der Waals surface area contributed by atoms with Gasteiger partial charge in [0.25, 0.3) is 0 Å². The lowest BCUT2D eigenvalue weighted by Crippen LogP contribution is -2.32. The average molecular weight is 632 g/mol. The molecule has 0 radical (unpaired) electrons. The van der Waals surface area contributed by atoms with Crippen molar-refractivity contribution >= 4 is 63.5 Å². The second kappa shape index (κ2) is 10.7. The Hall–Kier alpha value is -3.88. The van der Waals surface area contributed by atoms with E-state index in [-0.39, 0.29) is 12.2 Å². The number of nitrogens with one attached hydrogen (secondary N) is 1. The van der Waals surface area contributed by atoms with Crippen molar-refractivity contribution in [1.29, 1.82) is 0 Å². The SMILES string of the molecule is COc1ccc(NC(=O)Cn2c3c(sc2=O)[C@H](c2cccs2)C2C(=O)N(c4cccc(C(F)(F)F)c4)C(=O)C2S3)cc1. The fourth-order valence-corrected chi connectivity index (χ4v) is 8.85. The van der Waals surface area contributed by atoms with Gasteiger partial charge in [0.2, 0.25) is 17.7 Å². The van der Waals surface area contributed by atoms with Crippen molar-refractivity contribution in [2.75, 3.05) is 17.3 Å². The van der Waals surface area contributed by atoms with Crippen LogP contribution in [0.25, 0.3) is 0 Å². The number of halogens is 3. The first-order chi connectivity index (χ1) is 20.1. The van der Waals surface area contributed by atoms with Crippen LogP contribution in [0.4, 0.5) is 24.5 Å². The number of ether oxygens (including phenoxy) is 1. The van der Waals surface area contributed by atoms with Gasteiger partial charge in [0, 0.05) is 21.4 Å². The predicted octanol–water partition coefficient (Wildman–Crippen LogP) is 5.43. The van der Waals surface area contributed by atoms with Gasteiger partial charge in [-0.25, -0.2) is 4.90 Å². The fraction of sp³-hybridized carbons (Fsp3) is 0.214. The summed E-state index contributed by atoms with van der Waals surface area (Å²) < 4.78 is 46.7. The lowest BCUT2D eigenvalue weighted by molar-refractivity contribution is -0.137. The van der Waals surface area contributed by atoms with E-state index in [9.17, 15) is 32.3 Å². The van der Waals surface area contributed by atoms with Gasteiger partial charge in [-0.2, -0.15) is 13.2 Å². The van der Waals surface area contributed by atoms with Crippen LogP contribution in [-0.4, -0.2) is 34.6 Å². The number of thiophene rings is 1. The van der Waals surface area contributed by atoms with E-state index in [1.807, 2.05) is 0 Å². The van der Waals surface area contributed by atoms with E-state index < -0.39 is 51.4 Å². The van der Waals surface area contributed by atoms with E-state index in [1.165, 1.54) is 29.1 Å². The molecule has 1 fully saturated rings. The Morgan fingerprint density at radius 2 is 1.79 bits per heavy atom. The molecule has 3 amide bonds. The van der Waals surface area contributed by atoms with Gasteiger partial charge in [-0.1, -0.05) is 35.2 Å². The molecule has 2 aromatic carbocycles. The summed E-state index contributed by atoms with van der Waals surface area (Å²) >= 11 is 3.24. The normalized spacial score (nSPS) is 19.9. The number of nitrogens with zero attached hydrogens (tertiary/aromatic N) is 2. The van der Waals surface area contributed by atoms with Crippen LogP contribution in [0.2, 0.25) is 0 Å². The number of aromatic nitrogens is 1. The van der Waals surface area contributed by atoms with Gasteiger partial charge in [0.15, 0.2) is 0 Å². The maximum absolute atomic E-state index is 13.8. The molecule has 2 aromatic heterocycles. The summed E-state index contributed by atoms with van der Waals surface area (Å²) in [6.07, 6.45) is -4.66. The number of fused-ring (bicyclic) bond motifs is 2. The fourth-order valence-electron chi connectivity index (χ4n) is 5.12. The molecular weight excluding hydrogens is 612 g/mol. The van der Waals surface area contributed by atoms with E-state index in [0.717, 1.165) is 51.1 Å². The molecule has 14 heteroatoms. The molecule has 0 spiro atoms. The summed E-state index contributed by atoms with van der Waals surface area (Å²) in [4.78, 5) is 55.3. The van der Waals surface area contributed by atoms with E-state index in [0.29, 0.717) is 21.3 Å². The van der Waals surface area contributed by atoms with Crippen molar-refractivity contribution < 1.29 is 32.3 Å². The number of thiazole rings is 1. The molecule has 1 saturated heterocycles. The first kappa shape index (κ1) is 28.2. The average Bonchev–Trinajstić information content (AvgIpc) is 3.66. The molecule has 3 atom stereocenters. The number of methoxy groups -OCH3 is 1. The Morgan fingerprint density at radius 3 is 2.45 bits per heavy atom. The number of thioether (sulfide) groups is 1. The topological polar surface area (TPSA) is 97.7 Å². The quantitative estimate of drug-likeness (QED) is 0.285. The Morgan fingerprint density at radius 1 is 1.02 bits per heavy atom. The summed E-state index contributed by atoms with van der Waals surface area (Å²) in [6.45, 7) is -0.336. The minimum atomic E-state index is -4.66. The van der Waals surface area contributed by atoms with Gasteiger partial charge in [-0.3, -0.25) is 23.7 Å². The highest BCUT2D eigenvalue weighted by Crippen LogP contribution is 2.54. The van der Waals surface area contributed by atoms with Gasteiger partial charge in [0.1, 0.15) is 17.5 Å². The maximum atomic E-state index is 13.8. The molecule has 0 bridgehead atoms. The molecular formula is C28H20F3N3O5S3. The van der Waals surface area contributed by atoms with Crippen molar-refractivity contribution in [2.45, 2.75) is 28.9 Å². The third-order valence-corrected chi connectivity index (χ3v) is 10.6. The van der Waals surface area contributed by atoms with Crippen molar-refractivity contribution in [3.05, 3.63) is 91.0 Å². The molecule has 4 aromatic rings. The van der Waals surface area contributed by atoms with E-state index >= 15 is 0 Å². The first-order valence-corrected chi connectivity index (χ1v) is 15.1. The Bertz CT molecular complexity index is 1750. The van der Waals surface area contributed by atoms with Crippen LogP contribution in [0.3, 0.4) is 0 Å². The molecule has 42 heavy (non-hydrogen) atoms. The predicted molar refractivity (Wildman–Crippen MR) is 153 cm³/mol. The van der Waals surface area contributed by atoms with Crippen LogP contribution in [0.5, 0.6) is 5.75 Å². The number of hydrogen-bond donors (Lipinski definition) is 1. The number of amides is 3. The highest BCUT2D eigenvalue weighted by molar-refractivity contribution is 8.00. The second-order valence-electron chi connectivity index (χ2n) is 9.52. The molecule has 0 saturated carbocycles. The number of alkyl halides is 3. The van der Waals surface area contributed by atoms with Crippen molar-refractivity contribution in [3.63, 3.8) is 0 Å². The monoisotopic (exact) mass is 631 g/mol. The third-order valence-electron chi connectivity index (χ3n) is 7.01. The molecule has 2 aliphatic rings. The highest BCUT2D eigenvalue weighted by atomic mass is 32.2. The standard InChI is InChI=1S/C28H20F3N3O5S3/c1-39-17-9-7-15(8-10-17)32-19(35)13-33-26-23(42-27(33)38)20(18-6-3-11-40-18)21-22(41-26)25(37)34(24(21)36)16-5-2-4-14(12-16)28(29,30)31/h2-12,20-22H,13H2,1H3,(H,32,35)/t20-,21?,22?/m1/s1. The number of anilines is 2. The number of carbonyl (C=O) groups is 3. The summed E-state index contributed by atoms with van der Waals surface area (Å²) in [5, 5.41) is 3.93. The summed E-state index contributed by atoms with van der Waals surface area (Å²) in [5.41, 5.74) is -0.649. The highest BCUT2D eigenvalue weighted by Gasteiger charge is 2.57. The van der Waals surface area contributed by atoms with Crippen LogP contribution >= 0.6 is 34.4 Å². The summed E-state index contributed by atoms with van der Waals surface area (Å²) in [5.74, 6) is -2.79. The van der Waals surface area contributed by atoms with Gasteiger partial charge in [-0.05, 0) is 53.9 Å². The lowest BCUT2D eigenvalue weighted by atomic mass is 9.87. The van der Waals surface area contributed by atoms with Crippen LogP contribution in [0, 0.1) is 5.92 Å². The Labute approximate surface area is 248 Å². The number of carbonyl (C=O) groups excluding carboxylic acids is 3. The number of benzene rings is 2. The molecule has 1 N–H and O–H groups in total. The second-order valence-corrected chi connectivity index (χ2v) is 12.6. The smallest absolute Gasteiger partial charge is 0.416 e. The minimum Gasteiger partial charge on any atom is -0.497 e. The van der Waals surface area contributed by atoms with Gasteiger partial charge in [-0.15, -0.1) is 11.3 Å². The number of imide groups is 1. The number of rotatable bonds is 6. The Kier molecular flexibility index (Phi) is 7.23. The van der Waals surface area contributed by atoms with Crippen molar-refractivity contribution in [2.24, 2.45) is 5.92 Å². The molecule has 0 aliphatic carbocycles. The molecule has 2 aliphatic heterocycles. The molecule has 4 heterocycles. The van der Waals surface area contributed by atoms with E-state index in [1.54, 1.807) is 41.8 Å². The van der Waals surface area contributed by atoms with Crippen molar-refractivity contribution in [3.8, 4) is 5.75 Å².